The van der Waals surface area contributed by atoms with E-state index in [1.165, 1.54) is 31.7 Å². The second-order valence-corrected chi connectivity index (χ2v) is 8.04. The smallest absolute Gasteiger partial charge is 0.311 e. The van der Waals surface area contributed by atoms with Gasteiger partial charge in [0.15, 0.2) is 5.75 Å². The van der Waals surface area contributed by atoms with Crippen LogP contribution in [-0.4, -0.2) is 18.5 Å². The zero-order valence-electron chi connectivity index (χ0n) is 16.0. The normalized spacial score (nSPS) is 10.8. The lowest BCUT2D eigenvalue weighted by Crippen LogP contribution is -2.10. The highest BCUT2D eigenvalue weighted by Crippen LogP contribution is 2.42. The van der Waals surface area contributed by atoms with E-state index in [2.05, 4.69) is 6.92 Å². The van der Waals surface area contributed by atoms with E-state index in [-0.39, 0.29) is 44.7 Å². The fourth-order valence-corrected chi connectivity index (χ4v) is 3.35. The van der Waals surface area contributed by atoms with Crippen LogP contribution in [0.4, 0.5) is 0 Å². The molecule has 0 saturated carbocycles. The molecule has 0 fully saturated rings. The van der Waals surface area contributed by atoms with Crippen molar-refractivity contribution in [2.45, 2.75) is 71.1 Å². The molecule has 1 aromatic carbocycles. The summed E-state index contributed by atoms with van der Waals surface area (Å²) in [5.74, 6) is -0.818. The van der Waals surface area contributed by atoms with E-state index >= 15 is 0 Å². The van der Waals surface area contributed by atoms with Crippen molar-refractivity contribution >= 4 is 58.3 Å². The molecular formula is C20H26Cl4O4. The lowest BCUT2D eigenvalue weighted by Gasteiger charge is -2.10. The predicted octanol–water partition coefficient (Wildman–Crippen LogP) is 7.67. The number of carbonyl (C=O) groups is 2. The molecule has 0 amide bonds. The van der Waals surface area contributed by atoms with Gasteiger partial charge in [0.2, 0.25) is 0 Å². The third kappa shape index (κ3) is 9.69. The van der Waals surface area contributed by atoms with Crippen LogP contribution in [0, 0.1) is 0 Å². The van der Waals surface area contributed by atoms with Crippen LogP contribution in [0.1, 0.15) is 71.1 Å². The Hall–Kier alpha value is -0.680. The maximum Gasteiger partial charge on any atom is 0.311 e. The summed E-state index contributed by atoms with van der Waals surface area (Å²) in [6.07, 6.45) is 8.26. The maximum atomic E-state index is 12.0. The van der Waals surface area contributed by atoms with Crippen LogP contribution in [0.15, 0.2) is 6.07 Å². The highest BCUT2D eigenvalue weighted by atomic mass is 35.5. The van der Waals surface area contributed by atoms with Crippen molar-refractivity contribution in [3.8, 4) is 5.75 Å². The molecular weight excluding hydrogens is 446 g/mol. The standard InChI is InChI=1S/C20H26Cl4O4/c1-2-3-4-5-6-9-12-27-16(25)10-7-8-11-17(26)28-20-18(23)14(21)13-15(22)19(20)24/h13H,2-12H2,1H3. The second kappa shape index (κ2) is 14.3. The van der Waals surface area contributed by atoms with Crippen LogP contribution in [0.5, 0.6) is 5.75 Å². The summed E-state index contributed by atoms with van der Waals surface area (Å²) < 4.78 is 10.4. The molecule has 0 spiro atoms. The third-order valence-corrected chi connectivity index (χ3v) is 5.60. The number of unbranched alkanes of at least 4 members (excludes halogenated alkanes) is 6. The third-order valence-electron chi connectivity index (χ3n) is 4.06. The zero-order chi connectivity index (χ0) is 20.9. The lowest BCUT2D eigenvalue weighted by molar-refractivity contribution is -0.144. The Morgan fingerprint density at radius 3 is 1.93 bits per heavy atom. The molecule has 0 aliphatic heterocycles. The fraction of sp³-hybridized carbons (Fsp3) is 0.600. The van der Waals surface area contributed by atoms with Gasteiger partial charge in [-0.15, -0.1) is 0 Å². The molecule has 0 N–H and O–H groups in total. The average Bonchev–Trinajstić information content (AvgIpc) is 2.66. The van der Waals surface area contributed by atoms with Crippen LogP contribution < -0.4 is 4.74 Å². The van der Waals surface area contributed by atoms with Gasteiger partial charge in [-0.3, -0.25) is 9.59 Å². The first-order valence-corrected chi connectivity index (χ1v) is 11.1. The molecule has 1 aromatic rings. The van der Waals surface area contributed by atoms with Gasteiger partial charge in [-0.05, 0) is 25.3 Å². The molecule has 4 nitrogen and oxygen atoms in total. The van der Waals surface area contributed by atoms with Gasteiger partial charge in [0, 0.05) is 12.8 Å². The van der Waals surface area contributed by atoms with E-state index in [0.29, 0.717) is 19.4 Å². The van der Waals surface area contributed by atoms with E-state index in [1.54, 1.807) is 0 Å². The van der Waals surface area contributed by atoms with Crippen molar-refractivity contribution in [1.82, 2.24) is 0 Å². The summed E-state index contributed by atoms with van der Waals surface area (Å²) in [6.45, 7) is 2.64. The van der Waals surface area contributed by atoms with E-state index < -0.39 is 5.97 Å². The van der Waals surface area contributed by atoms with E-state index in [4.69, 9.17) is 55.9 Å². The molecule has 0 unspecified atom stereocenters. The van der Waals surface area contributed by atoms with Gasteiger partial charge in [0.05, 0.1) is 16.7 Å². The highest BCUT2D eigenvalue weighted by molar-refractivity contribution is 6.48. The predicted molar refractivity (Wildman–Crippen MR) is 115 cm³/mol. The molecule has 0 aliphatic carbocycles. The Morgan fingerprint density at radius 1 is 0.786 bits per heavy atom. The Balaban J connectivity index is 2.19. The summed E-state index contributed by atoms with van der Waals surface area (Å²) >= 11 is 23.8. The molecule has 28 heavy (non-hydrogen) atoms. The number of halogens is 4. The van der Waals surface area contributed by atoms with Crippen molar-refractivity contribution in [1.29, 1.82) is 0 Å². The van der Waals surface area contributed by atoms with Crippen molar-refractivity contribution < 1.29 is 19.1 Å². The number of esters is 2. The van der Waals surface area contributed by atoms with Crippen LogP contribution in [0.25, 0.3) is 0 Å². The van der Waals surface area contributed by atoms with Gasteiger partial charge in [0.25, 0.3) is 0 Å². The molecule has 8 heteroatoms. The van der Waals surface area contributed by atoms with Crippen LogP contribution in [-0.2, 0) is 14.3 Å². The average molecular weight is 472 g/mol. The number of hydrogen-bond acceptors (Lipinski definition) is 4. The fourth-order valence-electron chi connectivity index (χ4n) is 2.48. The Morgan fingerprint density at radius 2 is 1.32 bits per heavy atom. The van der Waals surface area contributed by atoms with Gasteiger partial charge >= 0.3 is 11.9 Å². The minimum Gasteiger partial charge on any atom is -0.466 e. The zero-order valence-corrected chi connectivity index (χ0v) is 19.0. The van der Waals surface area contributed by atoms with Crippen LogP contribution >= 0.6 is 46.4 Å². The number of benzene rings is 1. The van der Waals surface area contributed by atoms with E-state index in [1.807, 2.05) is 0 Å². The molecule has 0 atom stereocenters. The summed E-state index contributed by atoms with van der Waals surface area (Å²) in [4.78, 5) is 23.6. The summed E-state index contributed by atoms with van der Waals surface area (Å²) in [5.41, 5.74) is 0. The highest BCUT2D eigenvalue weighted by Gasteiger charge is 2.18. The maximum absolute atomic E-state index is 12.0. The summed E-state index contributed by atoms with van der Waals surface area (Å²) in [6, 6.07) is 1.38. The number of hydrogen-bond donors (Lipinski definition) is 0. The second-order valence-electron chi connectivity index (χ2n) is 6.47. The van der Waals surface area contributed by atoms with Crippen molar-refractivity contribution in [3.63, 3.8) is 0 Å². The van der Waals surface area contributed by atoms with Gasteiger partial charge < -0.3 is 9.47 Å². The minimum absolute atomic E-state index is 0.0303. The first-order chi connectivity index (χ1) is 13.4. The molecule has 0 heterocycles. The Bertz CT molecular complexity index is 623. The Labute approximate surface area is 186 Å². The molecule has 158 valence electrons. The van der Waals surface area contributed by atoms with E-state index in [9.17, 15) is 9.59 Å². The molecule has 0 aliphatic rings. The van der Waals surface area contributed by atoms with Crippen molar-refractivity contribution in [2.75, 3.05) is 6.61 Å². The van der Waals surface area contributed by atoms with Crippen molar-refractivity contribution in [3.05, 3.63) is 26.2 Å². The van der Waals surface area contributed by atoms with Crippen molar-refractivity contribution in [2.24, 2.45) is 0 Å². The minimum atomic E-state index is -0.525. The number of rotatable bonds is 13. The summed E-state index contributed by atoms with van der Waals surface area (Å²) in [5, 5.41) is 0.351. The Kier molecular flexibility index (Phi) is 13.0. The molecule has 0 aromatic heterocycles. The largest absolute Gasteiger partial charge is 0.466 e. The number of ether oxygens (including phenoxy) is 2. The van der Waals surface area contributed by atoms with E-state index in [0.717, 1.165) is 12.8 Å². The summed E-state index contributed by atoms with van der Waals surface area (Å²) in [7, 11) is 0. The quantitative estimate of drug-likeness (QED) is 0.128. The van der Waals surface area contributed by atoms with Gasteiger partial charge in [-0.1, -0.05) is 85.4 Å². The molecule has 0 radical (unpaired) electrons. The molecule has 0 bridgehead atoms. The van der Waals surface area contributed by atoms with Gasteiger partial charge in [-0.25, -0.2) is 0 Å². The molecule has 0 saturated heterocycles. The van der Waals surface area contributed by atoms with Gasteiger partial charge in [-0.2, -0.15) is 0 Å². The SMILES string of the molecule is CCCCCCCCOC(=O)CCCCC(=O)Oc1c(Cl)c(Cl)cc(Cl)c1Cl. The van der Waals surface area contributed by atoms with Crippen LogP contribution in [0.3, 0.4) is 0 Å². The lowest BCUT2D eigenvalue weighted by atomic mass is 10.1. The first kappa shape index (κ1) is 25.4. The first-order valence-electron chi connectivity index (χ1n) is 9.56. The molecule has 1 rings (SSSR count). The van der Waals surface area contributed by atoms with Crippen LogP contribution in [0.2, 0.25) is 20.1 Å². The topological polar surface area (TPSA) is 52.6 Å². The monoisotopic (exact) mass is 470 g/mol. The number of carbonyl (C=O) groups excluding carboxylic acids is 2. The van der Waals surface area contributed by atoms with Gasteiger partial charge in [0.1, 0.15) is 10.0 Å².